The predicted molar refractivity (Wildman–Crippen MR) is 73.6 cm³/mol. The summed E-state index contributed by atoms with van der Waals surface area (Å²) in [7, 11) is 1.61. The molecule has 3 N–H and O–H groups in total. The first kappa shape index (κ1) is 15.9. The summed E-state index contributed by atoms with van der Waals surface area (Å²) in [6, 6.07) is 1.62. The molecule has 0 bridgehead atoms. The third-order valence-electron chi connectivity index (χ3n) is 2.31. The smallest absolute Gasteiger partial charge is 0.410 e. The molecule has 110 valence electrons. The van der Waals surface area contributed by atoms with E-state index >= 15 is 0 Å². The fourth-order valence-corrected chi connectivity index (χ4v) is 1.46. The Bertz CT molecular complexity index is 497. The Hall–Kier alpha value is -2.15. The molecule has 1 aromatic rings. The Morgan fingerprint density at radius 3 is 2.60 bits per heavy atom. The second-order valence-corrected chi connectivity index (χ2v) is 5.39. The molecule has 0 aliphatic rings. The molecule has 0 saturated heterocycles. The van der Waals surface area contributed by atoms with Crippen molar-refractivity contribution in [3.8, 4) is 0 Å². The van der Waals surface area contributed by atoms with Crippen molar-refractivity contribution in [3.05, 3.63) is 29.6 Å². The highest BCUT2D eigenvalue weighted by molar-refractivity contribution is 5.93. The van der Waals surface area contributed by atoms with Crippen LogP contribution in [0, 0.1) is 0 Å². The van der Waals surface area contributed by atoms with Crippen LogP contribution in [0.4, 0.5) is 4.79 Å². The number of aromatic nitrogens is 1. The summed E-state index contributed by atoms with van der Waals surface area (Å²) in [6.07, 6.45) is 2.54. The molecule has 0 atom stereocenters. The number of nitrogen functional groups attached to an aromatic ring is 1. The Balaban J connectivity index is 2.73. The summed E-state index contributed by atoms with van der Waals surface area (Å²) >= 11 is 0. The van der Waals surface area contributed by atoms with Gasteiger partial charge < -0.3 is 9.64 Å². The summed E-state index contributed by atoms with van der Waals surface area (Å²) in [4.78, 5) is 28.6. The van der Waals surface area contributed by atoms with E-state index in [9.17, 15) is 9.59 Å². The van der Waals surface area contributed by atoms with Crippen LogP contribution in [0.25, 0.3) is 0 Å². The van der Waals surface area contributed by atoms with Crippen molar-refractivity contribution in [1.29, 1.82) is 0 Å². The van der Waals surface area contributed by atoms with Crippen LogP contribution in [0.2, 0.25) is 0 Å². The molecule has 0 unspecified atom stereocenters. The minimum Gasteiger partial charge on any atom is -0.444 e. The zero-order chi connectivity index (χ0) is 15.3. The van der Waals surface area contributed by atoms with Crippen LogP contribution in [0.1, 0.15) is 36.7 Å². The maximum atomic E-state index is 11.8. The van der Waals surface area contributed by atoms with Gasteiger partial charge in [-0.2, -0.15) is 0 Å². The van der Waals surface area contributed by atoms with Crippen molar-refractivity contribution in [2.24, 2.45) is 5.84 Å². The summed E-state index contributed by atoms with van der Waals surface area (Å²) in [5.41, 5.74) is 2.52. The fourth-order valence-electron chi connectivity index (χ4n) is 1.46. The number of carbonyl (C=O) groups excluding carboxylic acids is 2. The number of amides is 2. The molecule has 0 fully saturated rings. The largest absolute Gasteiger partial charge is 0.444 e. The molecular formula is C13H20N4O3. The molecule has 7 heteroatoms. The number of rotatable bonds is 3. The van der Waals surface area contributed by atoms with Crippen LogP contribution in [0.5, 0.6) is 0 Å². The van der Waals surface area contributed by atoms with Gasteiger partial charge in [0.2, 0.25) is 0 Å². The van der Waals surface area contributed by atoms with Crippen LogP contribution >= 0.6 is 0 Å². The highest BCUT2D eigenvalue weighted by atomic mass is 16.6. The van der Waals surface area contributed by atoms with Gasteiger partial charge in [-0.1, -0.05) is 0 Å². The Labute approximate surface area is 118 Å². The third-order valence-corrected chi connectivity index (χ3v) is 2.31. The normalized spacial score (nSPS) is 10.8. The molecule has 0 radical (unpaired) electrons. The first-order valence-electron chi connectivity index (χ1n) is 6.12. The van der Waals surface area contributed by atoms with Gasteiger partial charge in [0.1, 0.15) is 5.60 Å². The summed E-state index contributed by atoms with van der Waals surface area (Å²) in [5.74, 6) is 4.63. The minimum atomic E-state index is -0.551. The van der Waals surface area contributed by atoms with Crippen molar-refractivity contribution >= 4 is 12.0 Å². The lowest BCUT2D eigenvalue weighted by Crippen LogP contribution is -2.34. The lowest BCUT2D eigenvalue weighted by atomic mass is 10.2. The van der Waals surface area contributed by atoms with Gasteiger partial charge in [0, 0.05) is 19.4 Å². The van der Waals surface area contributed by atoms with Crippen molar-refractivity contribution < 1.29 is 14.3 Å². The zero-order valence-corrected chi connectivity index (χ0v) is 12.1. The molecule has 0 aliphatic carbocycles. The molecule has 20 heavy (non-hydrogen) atoms. The van der Waals surface area contributed by atoms with E-state index in [4.69, 9.17) is 10.6 Å². The topological polar surface area (TPSA) is 97.5 Å². The summed E-state index contributed by atoms with van der Waals surface area (Å²) in [5, 5.41) is 0. The van der Waals surface area contributed by atoms with Crippen molar-refractivity contribution in [1.82, 2.24) is 15.3 Å². The van der Waals surface area contributed by atoms with Gasteiger partial charge in [-0.05, 0) is 32.4 Å². The lowest BCUT2D eigenvalue weighted by molar-refractivity contribution is 0.0285. The molecule has 1 rings (SSSR count). The SMILES string of the molecule is CN(Cc1cncc(C(=O)NN)c1)C(=O)OC(C)(C)C. The van der Waals surface area contributed by atoms with E-state index < -0.39 is 17.6 Å². The Kier molecular flexibility index (Phi) is 5.04. The molecule has 0 spiro atoms. The predicted octanol–water partition coefficient (Wildman–Crippen LogP) is 1.05. The van der Waals surface area contributed by atoms with Gasteiger partial charge in [-0.3, -0.25) is 15.2 Å². The molecule has 0 aromatic carbocycles. The molecule has 0 aliphatic heterocycles. The number of carbonyl (C=O) groups is 2. The van der Waals surface area contributed by atoms with Crippen LogP contribution in [-0.2, 0) is 11.3 Å². The van der Waals surface area contributed by atoms with Gasteiger partial charge in [0.05, 0.1) is 12.1 Å². The fraction of sp³-hybridized carbons (Fsp3) is 0.462. The summed E-state index contributed by atoms with van der Waals surface area (Å²) < 4.78 is 5.24. The first-order valence-corrected chi connectivity index (χ1v) is 6.12. The second-order valence-electron chi connectivity index (χ2n) is 5.39. The number of nitrogens with zero attached hydrogens (tertiary/aromatic N) is 2. The molecule has 0 saturated carbocycles. The lowest BCUT2D eigenvalue weighted by Gasteiger charge is -2.24. The number of hydrogen-bond acceptors (Lipinski definition) is 5. The van der Waals surface area contributed by atoms with Crippen molar-refractivity contribution in [3.63, 3.8) is 0 Å². The van der Waals surface area contributed by atoms with Gasteiger partial charge in [-0.25, -0.2) is 10.6 Å². The second kappa shape index (κ2) is 6.33. The maximum absolute atomic E-state index is 11.8. The maximum Gasteiger partial charge on any atom is 0.410 e. The van der Waals surface area contributed by atoms with Crippen molar-refractivity contribution in [2.45, 2.75) is 32.9 Å². The Morgan fingerprint density at radius 1 is 1.40 bits per heavy atom. The summed E-state index contributed by atoms with van der Waals surface area (Å²) in [6.45, 7) is 5.68. The third kappa shape index (κ3) is 4.85. The average molecular weight is 280 g/mol. The van der Waals surface area contributed by atoms with Gasteiger partial charge in [-0.15, -0.1) is 0 Å². The van der Waals surface area contributed by atoms with Crippen LogP contribution in [-0.4, -0.2) is 34.5 Å². The molecular weight excluding hydrogens is 260 g/mol. The minimum absolute atomic E-state index is 0.285. The number of nitrogens with one attached hydrogen (secondary N) is 1. The monoisotopic (exact) mass is 280 g/mol. The van der Waals surface area contributed by atoms with E-state index in [0.29, 0.717) is 11.1 Å². The van der Waals surface area contributed by atoms with Gasteiger partial charge in [0.15, 0.2) is 0 Å². The molecule has 7 nitrogen and oxygen atoms in total. The van der Waals surface area contributed by atoms with Crippen LogP contribution < -0.4 is 11.3 Å². The van der Waals surface area contributed by atoms with Crippen molar-refractivity contribution in [2.75, 3.05) is 7.05 Å². The molecule has 2 amide bonds. The number of pyridine rings is 1. The quantitative estimate of drug-likeness (QED) is 0.490. The van der Waals surface area contributed by atoms with Gasteiger partial charge in [0.25, 0.3) is 5.91 Å². The zero-order valence-electron chi connectivity index (χ0n) is 12.1. The average Bonchev–Trinajstić information content (AvgIpc) is 2.36. The standard InChI is InChI=1S/C13H20N4O3/c1-13(2,3)20-12(19)17(4)8-9-5-10(7-15-6-9)11(18)16-14/h5-7H,8,14H2,1-4H3,(H,16,18). The Morgan fingerprint density at radius 2 is 2.05 bits per heavy atom. The van der Waals surface area contributed by atoms with Gasteiger partial charge >= 0.3 is 6.09 Å². The number of nitrogens with two attached hydrogens (primary N) is 1. The number of ether oxygens (including phenoxy) is 1. The number of hydrogen-bond donors (Lipinski definition) is 2. The van der Waals surface area contributed by atoms with E-state index in [1.165, 1.54) is 11.1 Å². The van der Waals surface area contributed by atoms with E-state index in [2.05, 4.69) is 4.98 Å². The van der Waals surface area contributed by atoms with E-state index in [1.54, 1.807) is 40.1 Å². The van der Waals surface area contributed by atoms with E-state index in [0.717, 1.165) is 0 Å². The van der Waals surface area contributed by atoms with E-state index in [1.807, 2.05) is 5.43 Å². The van der Waals surface area contributed by atoms with Crippen LogP contribution in [0.15, 0.2) is 18.5 Å². The number of hydrazine groups is 1. The first-order chi connectivity index (χ1) is 9.23. The highest BCUT2D eigenvalue weighted by Crippen LogP contribution is 2.11. The van der Waals surface area contributed by atoms with E-state index in [-0.39, 0.29) is 6.54 Å². The highest BCUT2D eigenvalue weighted by Gasteiger charge is 2.19. The van der Waals surface area contributed by atoms with Crippen LogP contribution in [0.3, 0.4) is 0 Å². The molecule has 1 heterocycles. The molecule has 1 aromatic heterocycles.